The van der Waals surface area contributed by atoms with E-state index in [9.17, 15) is 14.4 Å². The van der Waals surface area contributed by atoms with Crippen molar-refractivity contribution in [1.29, 1.82) is 0 Å². The molecule has 12 nitrogen and oxygen atoms in total. The number of anilines is 1. The maximum atomic E-state index is 13.5. The molecule has 1 N–H and O–H groups in total. The molecular weight excluding hydrogens is 454 g/mol. The minimum atomic E-state index is -0.520. The van der Waals surface area contributed by atoms with Gasteiger partial charge in [0.2, 0.25) is 11.7 Å². The van der Waals surface area contributed by atoms with Crippen LogP contribution in [0.3, 0.4) is 0 Å². The summed E-state index contributed by atoms with van der Waals surface area (Å²) in [5, 5.41) is 9.29. The SMILES string of the molecule is [N-]=[N+]=NCCOc1cccc2c1C(=O)c1c(OCCN=[N+]=[N-])cc(NC(=O)CCl)cc1C2=O. The molecule has 0 heterocycles. The van der Waals surface area contributed by atoms with Crippen molar-refractivity contribution in [1.82, 2.24) is 0 Å². The number of fused-ring (bicyclic) bond motifs is 2. The number of hydrogen-bond acceptors (Lipinski definition) is 7. The van der Waals surface area contributed by atoms with Gasteiger partial charge in [0.15, 0.2) is 5.78 Å². The molecule has 168 valence electrons. The summed E-state index contributed by atoms with van der Waals surface area (Å²) in [7, 11) is 0. The number of rotatable bonds is 10. The summed E-state index contributed by atoms with van der Waals surface area (Å²) < 4.78 is 11.2. The number of azide groups is 2. The molecule has 3 rings (SSSR count). The van der Waals surface area contributed by atoms with Crippen molar-refractivity contribution in [2.24, 2.45) is 10.2 Å². The number of nitrogens with one attached hydrogen (secondary N) is 1. The monoisotopic (exact) mass is 469 g/mol. The van der Waals surface area contributed by atoms with Gasteiger partial charge in [0, 0.05) is 32.7 Å². The summed E-state index contributed by atoms with van der Waals surface area (Å²) in [4.78, 5) is 43.8. The topological polar surface area (TPSA) is 179 Å². The van der Waals surface area contributed by atoms with Crippen molar-refractivity contribution in [2.45, 2.75) is 0 Å². The number of halogens is 1. The van der Waals surface area contributed by atoms with Crippen LogP contribution in [0.1, 0.15) is 31.8 Å². The first-order valence-corrected chi connectivity index (χ1v) is 10.1. The van der Waals surface area contributed by atoms with Crippen LogP contribution in [0, 0.1) is 0 Å². The third kappa shape index (κ3) is 5.16. The standard InChI is InChI=1S/C20H16ClN7O5/c21-10-16(29)26-11-8-13-18(15(9-11)33-7-5-25-28-23)20(31)17-12(19(13)30)2-1-3-14(17)32-6-4-24-27-22/h1-3,8-9H,4-7,10H2,(H,26,29). The van der Waals surface area contributed by atoms with Gasteiger partial charge in [0.1, 0.15) is 17.4 Å². The normalized spacial score (nSPS) is 11.4. The number of alkyl halides is 1. The van der Waals surface area contributed by atoms with Crippen LogP contribution < -0.4 is 14.8 Å². The van der Waals surface area contributed by atoms with Crippen LogP contribution in [0.4, 0.5) is 5.69 Å². The van der Waals surface area contributed by atoms with Crippen LogP contribution in [0.25, 0.3) is 20.9 Å². The third-order valence-corrected chi connectivity index (χ3v) is 4.74. The molecule has 2 aromatic rings. The molecule has 2 aromatic carbocycles. The Morgan fingerprint density at radius 1 is 0.939 bits per heavy atom. The second kappa shape index (κ2) is 10.9. The lowest BCUT2D eigenvalue weighted by Crippen LogP contribution is -2.24. The molecule has 0 aromatic heterocycles. The molecule has 0 saturated carbocycles. The fourth-order valence-electron chi connectivity index (χ4n) is 3.24. The Morgan fingerprint density at radius 3 is 2.21 bits per heavy atom. The van der Waals surface area contributed by atoms with Gasteiger partial charge in [-0.2, -0.15) is 0 Å². The van der Waals surface area contributed by atoms with Crippen LogP contribution in [-0.4, -0.2) is 49.7 Å². The van der Waals surface area contributed by atoms with Gasteiger partial charge in [-0.15, -0.1) is 11.6 Å². The van der Waals surface area contributed by atoms with Crippen LogP contribution in [-0.2, 0) is 4.79 Å². The highest BCUT2D eigenvalue weighted by atomic mass is 35.5. The highest BCUT2D eigenvalue weighted by molar-refractivity contribution is 6.31. The van der Waals surface area contributed by atoms with Crippen LogP contribution in [0.15, 0.2) is 40.6 Å². The summed E-state index contributed by atoms with van der Waals surface area (Å²) in [6.07, 6.45) is 0. The van der Waals surface area contributed by atoms with Gasteiger partial charge in [0.25, 0.3) is 0 Å². The molecule has 0 spiro atoms. The fraction of sp³-hybridized carbons (Fsp3) is 0.250. The molecule has 0 radical (unpaired) electrons. The van der Waals surface area contributed by atoms with Crippen LogP contribution in [0.5, 0.6) is 11.5 Å². The van der Waals surface area contributed by atoms with E-state index >= 15 is 0 Å². The average Bonchev–Trinajstić information content (AvgIpc) is 2.82. The maximum Gasteiger partial charge on any atom is 0.239 e. The van der Waals surface area contributed by atoms with E-state index < -0.39 is 17.5 Å². The molecule has 0 fully saturated rings. The lowest BCUT2D eigenvalue weighted by atomic mass is 9.82. The lowest BCUT2D eigenvalue weighted by molar-refractivity contribution is -0.113. The molecule has 33 heavy (non-hydrogen) atoms. The molecule has 13 heteroatoms. The number of carbonyl (C=O) groups excluding carboxylic acids is 3. The largest absolute Gasteiger partial charge is 0.493 e. The minimum absolute atomic E-state index is 0.00770. The highest BCUT2D eigenvalue weighted by Gasteiger charge is 2.35. The summed E-state index contributed by atoms with van der Waals surface area (Å²) in [6, 6.07) is 7.35. The first-order chi connectivity index (χ1) is 16.0. The smallest absolute Gasteiger partial charge is 0.239 e. The van der Waals surface area contributed by atoms with Crippen LogP contribution >= 0.6 is 11.6 Å². The van der Waals surface area contributed by atoms with Gasteiger partial charge in [-0.25, -0.2) is 0 Å². The van der Waals surface area contributed by atoms with Gasteiger partial charge >= 0.3 is 0 Å². The van der Waals surface area contributed by atoms with Crippen molar-refractivity contribution < 1.29 is 23.9 Å². The van der Waals surface area contributed by atoms with Crippen molar-refractivity contribution in [3.8, 4) is 11.5 Å². The number of amides is 1. The summed E-state index contributed by atoms with van der Waals surface area (Å²) >= 11 is 5.55. The Labute approximate surface area is 191 Å². The quantitative estimate of drug-likeness (QED) is 0.154. The Kier molecular flexibility index (Phi) is 7.72. The highest BCUT2D eigenvalue weighted by Crippen LogP contribution is 2.39. The van der Waals surface area contributed by atoms with Crippen molar-refractivity contribution in [3.05, 3.63) is 73.5 Å². The fourth-order valence-corrected chi connectivity index (χ4v) is 3.30. The van der Waals surface area contributed by atoms with E-state index in [0.717, 1.165) is 0 Å². The van der Waals surface area contributed by atoms with E-state index in [-0.39, 0.29) is 71.6 Å². The number of ether oxygens (including phenoxy) is 2. The number of nitrogens with zero attached hydrogens (tertiary/aromatic N) is 6. The predicted octanol–water partition coefficient (Wildman–Crippen LogP) is 4.02. The Morgan fingerprint density at radius 2 is 1.58 bits per heavy atom. The Hall–Kier alpha value is -4.24. The summed E-state index contributed by atoms with van der Waals surface area (Å²) in [5.41, 5.74) is 17.3. The third-order valence-electron chi connectivity index (χ3n) is 4.50. The first-order valence-electron chi connectivity index (χ1n) is 9.55. The van der Waals surface area contributed by atoms with Crippen molar-refractivity contribution >= 4 is 34.8 Å². The lowest BCUT2D eigenvalue weighted by Gasteiger charge is -2.23. The van der Waals surface area contributed by atoms with Crippen molar-refractivity contribution in [3.63, 3.8) is 0 Å². The van der Waals surface area contributed by atoms with Crippen molar-refractivity contribution in [2.75, 3.05) is 37.5 Å². The number of carbonyl (C=O) groups is 3. The second-order valence-electron chi connectivity index (χ2n) is 6.52. The molecule has 0 aliphatic heterocycles. The summed E-state index contributed by atoms with van der Waals surface area (Å²) in [5.74, 6) is -1.63. The van der Waals surface area contributed by atoms with E-state index in [1.54, 1.807) is 6.07 Å². The Balaban J connectivity index is 2.07. The predicted molar refractivity (Wildman–Crippen MR) is 118 cm³/mol. The molecular formula is C20H16ClN7O5. The average molecular weight is 470 g/mol. The van der Waals surface area contributed by atoms with E-state index in [4.69, 9.17) is 32.1 Å². The van der Waals surface area contributed by atoms with Gasteiger partial charge in [-0.1, -0.05) is 22.4 Å². The zero-order valence-electron chi connectivity index (χ0n) is 17.0. The van der Waals surface area contributed by atoms with Gasteiger partial charge in [-0.3, -0.25) is 14.4 Å². The molecule has 1 aliphatic rings. The number of benzene rings is 2. The zero-order valence-corrected chi connectivity index (χ0v) is 17.8. The zero-order chi connectivity index (χ0) is 23.8. The molecule has 1 aliphatic carbocycles. The van der Waals surface area contributed by atoms with Crippen LogP contribution in [0.2, 0.25) is 0 Å². The molecule has 0 bridgehead atoms. The van der Waals surface area contributed by atoms with Gasteiger partial charge < -0.3 is 14.8 Å². The van der Waals surface area contributed by atoms with Gasteiger partial charge in [-0.05, 0) is 23.2 Å². The molecule has 1 amide bonds. The minimum Gasteiger partial charge on any atom is -0.493 e. The van der Waals surface area contributed by atoms with E-state index in [0.29, 0.717) is 0 Å². The van der Waals surface area contributed by atoms with Gasteiger partial charge in [0.05, 0.1) is 37.4 Å². The molecule has 0 unspecified atom stereocenters. The number of hydrogen-bond donors (Lipinski definition) is 1. The van der Waals surface area contributed by atoms with E-state index in [1.165, 1.54) is 24.3 Å². The molecule has 0 saturated heterocycles. The maximum absolute atomic E-state index is 13.5. The van der Waals surface area contributed by atoms with E-state index in [2.05, 4.69) is 25.4 Å². The van der Waals surface area contributed by atoms with E-state index in [1.807, 2.05) is 0 Å². The first kappa shape index (κ1) is 23.4. The second-order valence-corrected chi connectivity index (χ2v) is 6.79. The number of ketones is 2. The summed E-state index contributed by atoms with van der Waals surface area (Å²) in [6.45, 7) is -0.0396. The Bertz CT molecular complexity index is 1220. The molecule has 0 atom stereocenters.